The van der Waals surface area contributed by atoms with Crippen LogP contribution in [0.2, 0.25) is 0 Å². The van der Waals surface area contributed by atoms with E-state index in [1.54, 1.807) is 0 Å². The van der Waals surface area contributed by atoms with Gasteiger partial charge < -0.3 is 0 Å². The first-order valence-electron chi connectivity index (χ1n) is 5.23. The van der Waals surface area contributed by atoms with E-state index in [-0.39, 0.29) is 5.41 Å². The highest BCUT2D eigenvalue weighted by molar-refractivity contribution is 9.12. The molecule has 1 aromatic carbocycles. The van der Waals surface area contributed by atoms with E-state index in [0.29, 0.717) is 0 Å². The second-order valence-corrected chi connectivity index (χ2v) is 5.43. The van der Waals surface area contributed by atoms with Gasteiger partial charge in [0.05, 0.1) is 0 Å². The fourth-order valence-corrected chi connectivity index (χ4v) is 3.05. The summed E-state index contributed by atoms with van der Waals surface area (Å²) in [6.07, 6.45) is 5.50. The molecular weight excluding hydrogens is 248 g/mol. The molecule has 0 heterocycles. The summed E-state index contributed by atoms with van der Waals surface area (Å²) < 4.78 is 1.21. The van der Waals surface area contributed by atoms with Crippen LogP contribution in [0.3, 0.4) is 0 Å². The van der Waals surface area contributed by atoms with Crippen LogP contribution in [-0.2, 0) is 0 Å². The summed E-state index contributed by atoms with van der Waals surface area (Å²) in [4.78, 5) is 0. The number of benzene rings is 1. The molecule has 0 unspecified atom stereocenters. The molecule has 1 aliphatic rings. The smallest absolute Gasteiger partial charge is 0.0215 e. The van der Waals surface area contributed by atoms with Crippen molar-refractivity contribution in [2.24, 2.45) is 5.41 Å². The van der Waals surface area contributed by atoms with Crippen molar-refractivity contribution in [2.75, 3.05) is 0 Å². The van der Waals surface area contributed by atoms with Gasteiger partial charge in [-0.1, -0.05) is 72.3 Å². The number of allylic oxidation sites excluding steroid dienone is 4. The van der Waals surface area contributed by atoms with Gasteiger partial charge in [-0.2, -0.15) is 0 Å². The predicted molar refractivity (Wildman–Crippen MR) is 69.8 cm³/mol. The zero-order valence-electron chi connectivity index (χ0n) is 9.13. The lowest BCUT2D eigenvalue weighted by molar-refractivity contribution is 0.505. The van der Waals surface area contributed by atoms with Crippen LogP contribution in [-0.4, -0.2) is 0 Å². The summed E-state index contributed by atoms with van der Waals surface area (Å²) in [5.41, 5.74) is 2.94. The summed E-state index contributed by atoms with van der Waals surface area (Å²) in [5.74, 6) is 0. The van der Waals surface area contributed by atoms with Gasteiger partial charge in [0, 0.05) is 4.48 Å². The Morgan fingerprint density at radius 1 is 1.13 bits per heavy atom. The quantitative estimate of drug-likeness (QED) is 0.684. The molecule has 0 fully saturated rings. The van der Waals surface area contributed by atoms with Crippen molar-refractivity contribution >= 4 is 21.5 Å². The van der Waals surface area contributed by atoms with E-state index >= 15 is 0 Å². The van der Waals surface area contributed by atoms with Crippen molar-refractivity contribution in [3.63, 3.8) is 0 Å². The van der Waals surface area contributed by atoms with Crippen LogP contribution in [0.5, 0.6) is 0 Å². The highest BCUT2D eigenvalue weighted by Gasteiger charge is 2.27. The molecule has 0 radical (unpaired) electrons. The standard InChI is InChI=1S/C14H15Br/c1-14(2)10-6-9-12(15)13(14)11-7-4-3-5-8-11/h3-9H,10H2,1-2H3. The Hall–Kier alpha value is -0.820. The molecule has 1 aliphatic carbocycles. The van der Waals surface area contributed by atoms with E-state index in [0.717, 1.165) is 6.42 Å². The summed E-state index contributed by atoms with van der Waals surface area (Å²) >= 11 is 3.66. The van der Waals surface area contributed by atoms with Crippen molar-refractivity contribution < 1.29 is 0 Å². The Morgan fingerprint density at radius 2 is 1.80 bits per heavy atom. The summed E-state index contributed by atoms with van der Waals surface area (Å²) in [6, 6.07) is 10.6. The average molecular weight is 263 g/mol. The molecule has 0 aliphatic heterocycles. The van der Waals surface area contributed by atoms with Crippen LogP contribution in [0.1, 0.15) is 25.8 Å². The Bertz CT molecular complexity index is 410. The largest absolute Gasteiger partial charge is 0.0825 e. The lowest BCUT2D eigenvalue weighted by Gasteiger charge is -2.31. The van der Waals surface area contributed by atoms with Gasteiger partial charge in [-0.15, -0.1) is 0 Å². The van der Waals surface area contributed by atoms with Gasteiger partial charge >= 0.3 is 0 Å². The van der Waals surface area contributed by atoms with Crippen LogP contribution >= 0.6 is 15.9 Å². The normalized spacial score (nSPS) is 19.4. The summed E-state index contributed by atoms with van der Waals surface area (Å²) in [6.45, 7) is 4.58. The molecule has 0 spiro atoms. The molecule has 0 atom stereocenters. The first-order chi connectivity index (χ1) is 7.11. The summed E-state index contributed by atoms with van der Waals surface area (Å²) in [5, 5.41) is 0. The Kier molecular flexibility index (Phi) is 2.83. The van der Waals surface area contributed by atoms with Crippen LogP contribution in [0.15, 0.2) is 47.0 Å². The maximum atomic E-state index is 3.66. The minimum absolute atomic E-state index is 0.217. The molecule has 0 nitrogen and oxygen atoms in total. The van der Waals surface area contributed by atoms with Gasteiger partial charge in [0.1, 0.15) is 0 Å². The molecule has 78 valence electrons. The average Bonchev–Trinajstić information content (AvgIpc) is 2.17. The van der Waals surface area contributed by atoms with Crippen molar-refractivity contribution in [1.29, 1.82) is 0 Å². The maximum Gasteiger partial charge on any atom is 0.0215 e. The number of halogens is 1. The SMILES string of the molecule is CC1(C)CC=CC(Br)=C1c1ccccc1. The van der Waals surface area contributed by atoms with Crippen molar-refractivity contribution in [2.45, 2.75) is 20.3 Å². The molecule has 0 bridgehead atoms. The number of hydrogen-bond donors (Lipinski definition) is 0. The lowest BCUT2D eigenvalue weighted by Crippen LogP contribution is -2.16. The predicted octanol–water partition coefficient (Wildman–Crippen LogP) is 4.78. The van der Waals surface area contributed by atoms with E-state index in [4.69, 9.17) is 0 Å². The molecular formula is C14H15Br. The fraction of sp³-hybridized carbons (Fsp3) is 0.286. The molecule has 0 N–H and O–H groups in total. The second-order valence-electron chi connectivity index (χ2n) is 4.58. The van der Waals surface area contributed by atoms with Gasteiger partial charge in [0.25, 0.3) is 0 Å². The van der Waals surface area contributed by atoms with E-state index in [2.05, 4.69) is 72.3 Å². The van der Waals surface area contributed by atoms with Crippen LogP contribution in [0, 0.1) is 5.41 Å². The van der Waals surface area contributed by atoms with Gasteiger partial charge in [-0.25, -0.2) is 0 Å². The van der Waals surface area contributed by atoms with Crippen molar-refractivity contribution in [3.05, 3.63) is 52.5 Å². The first-order valence-corrected chi connectivity index (χ1v) is 6.03. The minimum atomic E-state index is 0.217. The number of hydrogen-bond acceptors (Lipinski definition) is 0. The summed E-state index contributed by atoms with van der Waals surface area (Å²) in [7, 11) is 0. The lowest BCUT2D eigenvalue weighted by atomic mass is 9.75. The molecule has 0 saturated carbocycles. The van der Waals surface area contributed by atoms with Crippen LogP contribution < -0.4 is 0 Å². The Labute approximate surface area is 99.8 Å². The molecule has 0 amide bonds. The van der Waals surface area contributed by atoms with Crippen molar-refractivity contribution in [3.8, 4) is 0 Å². The molecule has 1 aromatic rings. The molecule has 15 heavy (non-hydrogen) atoms. The zero-order chi connectivity index (χ0) is 10.9. The third-order valence-corrected chi connectivity index (χ3v) is 3.53. The topological polar surface area (TPSA) is 0 Å². The van der Waals surface area contributed by atoms with E-state index < -0.39 is 0 Å². The highest BCUT2D eigenvalue weighted by Crippen LogP contribution is 2.44. The van der Waals surface area contributed by atoms with E-state index in [1.807, 2.05) is 0 Å². The maximum absolute atomic E-state index is 3.66. The van der Waals surface area contributed by atoms with Gasteiger partial charge in [0.15, 0.2) is 0 Å². The van der Waals surface area contributed by atoms with Gasteiger partial charge in [-0.3, -0.25) is 0 Å². The minimum Gasteiger partial charge on any atom is -0.0825 e. The Morgan fingerprint density at radius 3 is 2.40 bits per heavy atom. The Balaban J connectivity index is 2.54. The molecule has 2 rings (SSSR count). The van der Waals surface area contributed by atoms with Gasteiger partial charge in [0.2, 0.25) is 0 Å². The van der Waals surface area contributed by atoms with Crippen LogP contribution in [0.4, 0.5) is 0 Å². The molecule has 0 saturated heterocycles. The highest BCUT2D eigenvalue weighted by atomic mass is 79.9. The second kappa shape index (κ2) is 3.97. The fourth-order valence-electron chi connectivity index (χ4n) is 2.10. The van der Waals surface area contributed by atoms with Gasteiger partial charge in [-0.05, 0) is 23.0 Å². The zero-order valence-corrected chi connectivity index (χ0v) is 10.7. The monoisotopic (exact) mass is 262 g/mol. The van der Waals surface area contributed by atoms with Crippen LogP contribution in [0.25, 0.3) is 5.57 Å². The molecule has 1 heteroatoms. The van der Waals surface area contributed by atoms with E-state index in [1.165, 1.54) is 15.6 Å². The third kappa shape index (κ3) is 2.07. The van der Waals surface area contributed by atoms with Crippen molar-refractivity contribution in [1.82, 2.24) is 0 Å². The molecule has 0 aromatic heterocycles. The van der Waals surface area contributed by atoms with E-state index in [9.17, 15) is 0 Å². The number of rotatable bonds is 1. The first kappa shape index (κ1) is 10.7. The third-order valence-electron chi connectivity index (χ3n) is 2.87.